The quantitative estimate of drug-likeness (QED) is 0.193. The molecule has 3 amide bonds. The lowest BCUT2D eigenvalue weighted by molar-refractivity contribution is -0.142. The predicted molar refractivity (Wildman–Crippen MR) is 139 cm³/mol. The third-order valence-electron chi connectivity index (χ3n) is 6.54. The van der Waals surface area contributed by atoms with E-state index >= 15 is 0 Å². The zero-order chi connectivity index (χ0) is 27.1. The fraction of sp³-hybridized carbons (Fsp3) is 0.333. The average Bonchev–Trinajstić information content (AvgIpc) is 3.58. The van der Waals surface area contributed by atoms with Crippen molar-refractivity contribution < 1.29 is 29.4 Å². The van der Waals surface area contributed by atoms with Crippen LogP contribution in [0, 0.1) is 0 Å². The maximum absolute atomic E-state index is 13.3. The van der Waals surface area contributed by atoms with Gasteiger partial charge in [-0.15, -0.1) is 0 Å². The average molecular weight is 522 g/mol. The summed E-state index contributed by atoms with van der Waals surface area (Å²) in [5.74, 6) is -2.72. The maximum atomic E-state index is 13.3. The van der Waals surface area contributed by atoms with Crippen LogP contribution < -0.4 is 21.3 Å². The Hall–Kier alpha value is -4.38. The lowest BCUT2D eigenvalue weighted by Crippen LogP contribution is -2.54. The number of aromatic amines is 1. The van der Waals surface area contributed by atoms with Gasteiger partial charge in [-0.25, -0.2) is 4.79 Å². The van der Waals surface area contributed by atoms with Gasteiger partial charge in [-0.1, -0.05) is 30.3 Å². The number of phenols is 1. The minimum atomic E-state index is -1.24. The normalized spacial score (nSPS) is 16.5. The van der Waals surface area contributed by atoms with E-state index in [0.29, 0.717) is 12.0 Å². The van der Waals surface area contributed by atoms with Gasteiger partial charge in [0.2, 0.25) is 17.7 Å². The number of nitrogens with one attached hydrogen (secondary N) is 5. The zero-order valence-electron chi connectivity index (χ0n) is 20.7. The van der Waals surface area contributed by atoms with Gasteiger partial charge in [0, 0.05) is 29.9 Å². The summed E-state index contributed by atoms with van der Waals surface area (Å²) in [6, 6.07) is 10.9. The Kier molecular flexibility index (Phi) is 8.59. The molecule has 1 aliphatic heterocycles. The number of aromatic hydroxyl groups is 1. The summed E-state index contributed by atoms with van der Waals surface area (Å²) < 4.78 is 0. The Balaban J connectivity index is 1.44. The van der Waals surface area contributed by atoms with Crippen molar-refractivity contribution in [3.8, 4) is 5.75 Å². The van der Waals surface area contributed by atoms with E-state index in [0.717, 1.165) is 29.4 Å². The molecule has 3 unspecified atom stereocenters. The molecule has 0 bridgehead atoms. The van der Waals surface area contributed by atoms with Crippen LogP contribution in [-0.2, 0) is 32.0 Å². The second-order valence-corrected chi connectivity index (χ2v) is 9.32. The Morgan fingerprint density at radius 1 is 0.974 bits per heavy atom. The topological polar surface area (TPSA) is 173 Å². The van der Waals surface area contributed by atoms with Gasteiger partial charge >= 0.3 is 5.97 Å². The SMILES string of the molecule is O=C(CNC(=O)C1CCCN1)NC(Cc1ccc(O)cc1)C(=O)NC(Cc1c[nH]c2ccccc12)C(=O)O. The smallest absolute Gasteiger partial charge is 0.326 e. The van der Waals surface area contributed by atoms with E-state index in [4.69, 9.17) is 0 Å². The van der Waals surface area contributed by atoms with Crippen molar-refractivity contribution in [2.45, 2.75) is 43.8 Å². The minimum Gasteiger partial charge on any atom is -0.508 e. The first-order chi connectivity index (χ1) is 18.3. The Bertz CT molecular complexity index is 1300. The molecule has 11 heteroatoms. The van der Waals surface area contributed by atoms with Crippen molar-refractivity contribution in [1.29, 1.82) is 0 Å². The molecule has 1 fully saturated rings. The number of phenolic OH excluding ortho intramolecular Hbond substituents is 1. The van der Waals surface area contributed by atoms with Gasteiger partial charge in [-0.2, -0.15) is 0 Å². The van der Waals surface area contributed by atoms with Gasteiger partial charge in [0.15, 0.2) is 0 Å². The van der Waals surface area contributed by atoms with Crippen LogP contribution in [0.25, 0.3) is 10.9 Å². The molecule has 11 nitrogen and oxygen atoms in total. The minimum absolute atomic E-state index is 0.0371. The molecule has 7 N–H and O–H groups in total. The van der Waals surface area contributed by atoms with E-state index in [2.05, 4.69) is 26.3 Å². The van der Waals surface area contributed by atoms with E-state index in [1.54, 1.807) is 18.3 Å². The molecule has 3 aromatic rings. The molecule has 3 atom stereocenters. The molecule has 38 heavy (non-hydrogen) atoms. The highest BCUT2D eigenvalue weighted by atomic mass is 16.4. The molecule has 200 valence electrons. The number of amides is 3. The summed E-state index contributed by atoms with van der Waals surface area (Å²) in [5.41, 5.74) is 2.23. The largest absolute Gasteiger partial charge is 0.508 e. The van der Waals surface area contributed by atoms with E-state index in [-0.39, 0.29) is 37.1 Å². The first kappa shape index (κ1) is 26.7. The molecule has 2 heterocycles. The summed E-state index contributed by atoms with van der Waals surface area (Å²) in [6.07, 6.45) is 3.37. The lowest BCUT2D eigenvalue weighted by Gasteiger charge is -2.22. The lowest BCUT2D eigenvalue weighted by atomic mass is 10.0. The number of benzene rings is 2. The molecule has 0 spiro atoms. The highest BCUT2D eigenvalue weighted by Gasteiger charge is 2.28. The number of carboxylic acid groups (broad SMARTS) is 1. The molecular formula is C27H31N5O6. The Morgan fingerprint density at radius 2 is 1.74 bits per heavy atom. The molecule has 1 aliphatic rings. The second kappa shape index (κ2) is 12.2. The molecule has 0 radical (unpaired) electrons. The third kappa shape index (κ3) is 6.88. The van der Waals surface area contributed by atoms with E-state index in [9.17, 15) is 29.4 Å². The van der Waals surface area contributed by atoms with Gasteiger partial charge in [0.05, 0.1) is 12.6 Å². The number of carboxylic acids is 1. The first-order valence-corrected chi connectivity index (χ1v) is 12.5. The molecular weight excluding hydrogens is 490 g/mol. The Morgan fingerprint density at radius 3 is 2.45 bits per heavy atom. The van der Waals surface area contributed by atoms with Crippen LogP contribution in [-0.4, -0.2) is 70.1 Å². The molecule has 1 saturated heterocycles. The summed E-state index contributed by atoms with van der Waals surface area (Å²) in [5, 5.41) is 31.0. The summed E-state index contributed by atoms with van der Waals surface area (Å²) in [6.45, 7) is 0.413. The van der Waals surface area contributed by atoms with Crippen molar-refractivity contribution in [3.63, 3.8) is 0 Å². The first-order valence-electron chi connectivity index (χ1n) is 12.5. The number of aliphatic carboxylic acids is 1. The van der Waals surface area contributed by atoms with Crippen molar-refractivity contribution >= 4 is 34.6 Å². The Labute approximate surface area is 219 Å². The molecule has 0 saturated carbocycles. The molecule has 1 aromatic heterocycles. The second-order valence-electron chi connectivity index (χ2n) is 9.32. The number of hydrogen-bond acceptors (Lipinski definition) is 6. The van der Waals surface area contributed by atoms with Crippen LogP contribution in [0.15, 0.2) is 54.7 Å². The van der Waals surface area contributed by atoms with E-state index in [1.165, 1.54) is 12.1 Å². The number of rotatable bonds is 11. The van der Waals surface area contributed by atoms with Crippen molar-refractivity contribution in [2.24, 2.45) is 0 Å². The number of fused-ring (bicyclic) bond motifs is 1. The standard InChI is InChI=1S/C27H31N5O6/c33-18-9-7-16(8-10-18)12-22(31-24(34)15-30-25(35)21-6-3-11-28-21)26(36)32-23(27(37)38)13-17-14-29-20-5-2-1-4-19(17)20/h1-2,4-5,7-10,14,21-23,28-29,33H,3,6,11-13,15H2,(H,30,35)(H,31,34)(H,32,36)(H,37,38). The monoisotopic (exact) mass is 521 g/mol. The molecule has 0 aliphatic carbocycles. The number of carbonyl (C=O) groups excluding carboxylic acids is 3. The molecule has 4 rings (SSSR count). The van der Waals surface area contributed by atoms with E-state index in [1.807, 2.05) is 24.3 Å². The predicted octanol–water partition coefficient (Wildman–Crippen LogP) is 0.581. The summed E-state index contributed by atoms with van der Waals surface area (Å²) >= 11 is 0. The van der Waals surface area contributed by atoms with Crippen LogP contribution in [0.1, 0.15) is 24.0 Å². The molecule has 2 aromatic carbocycles. The fourth-order valence-electron chi connectivity index (χ4n) is 4.51. The van der Waals surface area contributed by atoms with Crippen LogP contribution in [0.4, 0.5) is 0 Å². The number of aromatic nitrogens is 1. The third-order valence-corrected chi connectivity index (χ3v) is 6.54. The number of hydrogen-bond donors (Lipinski definition) is 7. The summed E-state index contributed by atoms with van der Waals surface area (Å²) in [7, 11) is 0. The van der Waals surface area contributed by atoms with Crippen molar-refractivity contribution in [1.82, 2.24) is 26.3 Å². The summed E-state index contributed by atoms with van der Waals surface area (Å²) in [4.78, 5) is 53.3. The van der Waals surface area contributed by atoms with Crippen LogP contribution in [0.5, 0.6) is 5.75 Å². The van der Waals surface area contributed by atoms with Gasteiger partial charge in [0.1, 0.15) is 17.8 Å². The number of H-pyrrole nitrogens is 1. The van der Waals surface area contributed by atoms with Crippen molar-refractivity contribution in [2.75, 3.05) is 13.1 Å². The van der Waals surface area contributed by atoms with Crippen LogP contribution >= 0.6 is 0 Å². The van der Waals surface area contributed by atoms with Crippen LogP contribution in [0.3, 0.4) is 0 Å². The zero-order valence-corrected chi connectivity index (χ0v) is 20.7. The van der Waals surface area contributed by atoms with Gasteiger partial charge in [0.25, 0.3) is 0 Å². The van der Waals surface area contributed by atoms with Crippen molar-refractivity contribution in [3.05, 3.63) is 65.9 Å². The number of carbonyl (C=O) groups is 4. The van der Waals surface area contributed by atoms with Gasteiger partial charge in [-0.05, 0) is 48.7 Å². The highest BCUT2D eigenvalue weighted by molar-refractivity contribution is 5.93. The van der Waals surface area contributed by atoms with Crippen LogP contribution in [0.2, 0.25) is 0 Å². The van der Waals surface area contributed by atoms with E-state index < -0.39 is 29.9 Å². The number of para-hydroxylation sites is 1. The van der Waals surface area contributed by atoms with Gasteiger partial charge in [-0.3, -0.25) is 14.4 Å². The fourth-order valence-corrected chi connectivity index (χ4v) is 4.51. The maximum Gasteiger partial charge on any atom is 0.326 e. The van der Waals surface area contributed by atoms with Gasteiger partial charge < -0.3 is 36.5 Å². The highest BCUT2D eigenvalue weighted by Crippen LogP contribution is 2.19.